The first-order valence-corrected chi connectivity index (χ1v) is 5.95. The Balaban J connectivity index is 2.42. The van der Waals surface area contributed by atoms with Gasteiger partial charge >= 0.3 is 0 Å². The van der Waals surface area contributed by atoms with Crippen molar-refractivity contribution in [1.29, 1.82) is 0 Å². The Kier molecular flexibility index (Phi) is 3.08. The lowest BCUT2D eigenvalue weighted by Gasteiger charge is -1.98. The molecule has 1 heterocycles. The Morgan fingerprint density at radius 1 is 1.33 bits per heavy atom. The highest BCUT2D eigenvalue weighted by Crippen LogP contribution is 2.19. The minimum absolute atomic E-state index is 0.531. The summed E-state index contributed by atoms with van der Waals surface area (Å²) in [4.78, 5) is 0. The summed E-state index contributed by atoms with van der Waals surface area (Å²) in [6, 6.07) is 10.0. The van der Waals surface area contributed by atoms with Crippen LogP contribution < -0.4 is 5.73 Å². The average Bonchev–Trinajstić information content (AvgIpc) is 2.73. The fourth-order valence-corrected chi connectivity index (χ4v) is 1.99. The first kappa shape index (κ1) is 10.3. The molecule has 0 atom stereocenters. The van der Waals surface area contributed by atoms with Crippen molar-refractivity contribution in [2.24, 2.45) is 5.73 Å². The molecule has 0 bridgehead atoms. The molecule has 2 rings (SSSR count). The van der Waals surface area contributed by atoms with Gasteiger partial charge < -0.3 is 5.73 Å². The molecule has 0 saturated carbocycles. The number of hydrogen-bond donors (Lipinski definition) is 1. The maximum absolute atomic E-state index is 5.65. The van der Waals surface area contributed by atoms with E-state index >= 15 is 0 Å². The SMILES string of the molecule is CSc1nn(-c2ccccc2)cc1CN. The standard InChI is InChI=1S/C11H13N3S/c1-15-11-9(7-12)8-14(13-11)10-5-3-2-4-6-10/h2-6,8H,7,12H2,1H3. The zero-order chi connectivity index (χ0) is 10.7. The van der Waals surface area contributed by atoms with Crippen LogP contribution in [-0.4, -0.2) is 16.0 Å². The van der Waals surface area contributed by atoms with Gasteiger partial charge in [-0.1, -0.05) is 18.2 Å². The summed E-state index contributed by atoms with van der Waals surface area (Å²) < 4.78 is 1.87. The van der Waals surface area contributed by atoms with E-state index < -0.39 is 0 Å². The van der Waals surface area contributed by atoms with Crippen LogP contribution in [0.5, 0.6) is 0 Å². The lowest BCUT2D eigenvalue weighted by atomic mass is 10.3. The highest BCUT2D eigenvalue weighted by atomic mass is 32.2. The van der Waals surface area contributed by atoms with Gasteiger partial charge in [0.25, 0.3) is 0 Å². The summed E-state index contributed by atoms with van der Waals surface area (Å²) in [7, 11) is 0. The molecule has 0 aliphatic carbocycles. The van der Waals surface area contributed by atoms with Crippen molar-refractivity contribution >= 4 is 11.8 Å². The normalized spacial score (nSPS) is 10.5. The van der Waals surface area contributed by atoms with E-state index in [1.54, 1.807) is 11.8 Å². The molecule has 2 aromatic rings. The molecule has 3 nitrogen and oxygen atoms in total. The molecule has 1 aromatic heterocycles. The second-order valence-corrected chi connectivity index (χ2v) is 3.94. The van der Waals surface area contributed by atoms with Crippen molar-refractivity contribution in [3.05, 3.63) is 42.1 Å². The topological polar surface area (TPSA) is 43.8 Å². The third-order valence-corrected chi connectivity index (χ3v) is 2.92. The maximum Gasteiger partial charge on any atom is 0.123 e. The largest absolute Gasteiger partial charge is 0.326 e. The summed E-state index contributed by atoms with van der Waals surface area (Å²) in [6.45, 7) is 0.531. The van der Waals surface area contributed by atoms with Gasteiger partial charge in [-0.2, -0.15) is 5.10 Å². The third-order valence-electron chi connectivity index (χ3n) is 2.19. The third kappa shape index (κ3) is 2.06. The number of benzene rings is 1. The number of nitrogens with two attached hydrogens (primary N) is 1. The predicted molar refractivity (Wildman–Crippen MR) is 63.2 cm³/mol. The molecule has 1 aromatic carbocycles. The van der Waals surface area contributed by atoms with Crippen LogP contribution >= 0.6 is 11.8 Å². The van der Waals surface area contributed by atoms with Crippen LogP contribution in [0.2, 0.25) is 0 Å². The molecule has 0 saturated heterocycles. The number of rotatable bonds is 3. The van der Waals surface area contributed by atoms with Crippen LogP contribution in [0.25, 0.3) is 5.69 Å². The van der Waals surface area contributed by atoms with E-state index in [1.165, 1.54) is 0 Å². The van der Waals surface area contributed by atoms with E-state index in [2.05, 4.69) is 5.10 Å². The van der Waals surface area contributed by atoms with Gasteiger partial charge in [-0.05, 0) is 18.4 Å². The minimum atomic E-state index is 0.531. The molecule has 0 unspecified atom stereocenters. The number of para-hydroxylation sites is 1. The molecule has 0 aliphatic rings. The predicted octanol–water partition coefficient (Wildman–Crippen LogP) is 2.05. The van der Waals surface area contributed by atoms with E-state index in [1.807, 2.05) is 47.5 Å². The monoisotopic (exact) mass is 219 g/mol. The summed E-state index contributed by atoms with van der Waals surface area (Å²) in [5.74, 6) is 0. The molecule has 2 N–H and O–H groups in total. The van der Waals surface area contributed by atoms with Crippen LogP contribution in [0.15, 0.2) is 41.6 Å². The average molecular weight is 219 g/mol. The van der Waals surface area contributed by atoms with Crippen molar-refractivity contribution in [1.82, 2.24) is 9.78 Å². The summed E-state index contributed by atoms with van der Waals surface area (Å²) in [5, 5.41) is 5.47. The Bertz CT molecular complexity index is 415. The minimum Gasteiger partial charge on any atom is -0.326 e. The van der Waals surface area contributed by atoms with Crippen LogP contribution in [0.1, 0.15) is 5.56 Å². The second-order valence-electron chi connectivity index (χ2n) is 3.15. The van der Waals surface area contributed by atoms with Crippen molar-refractivity contribution < 1.29 is 0 Å². The highest BCUT2D eigenvalue weighted by Gasteiger charge is 2.06. The van der Waals surface area contributed by atoms with E-state index in [-0.39, 0.29) is 0 Å². The zero-order valence-corrected chi connectivity index (χ0v) is 9.37. The van der Waals surface area contributed by atoms with Crippen molar-refractivity contribution in [2.45, 2.75) is 11.6 Å². The molecule has 0 aliphatic heterocycles. The van der Waals surface area contributed by atoms with Crippen LogP contribution in [0.4, 0.5) is 0 Å². The van der Waals surface area contributed by atoms with Crippen LogP contribution in [0, 0.1) is 0 Å². The molecule has 15 heavy (non-hydrogen) atoms. The highest BCUT2D eigenvalue weighted by molar-refractivity contribution is 7.98. The van der Waals surface area contributed by atoms with Gasteiger partial charge in [-0.25, -0.2) is 4.68 Å². The molecule has 4 heteroatoms. The molecule has 0 amide bonds. The number of hydrogen-bond acceptors (Lipinski definition) is 3. The van der Waals surface area contributed by atoms with Gasteiger partial charge in [-0.15, -0.1) is 11.8 Å². The molecule has 0 fully saturated rings. The molecule has 0 radical (unpaired) electrons. The quantitative estimate of drug-likeness (QED) is 0.803. The van der Waals surface area contributed by atoms with Crippen molar-refractivity contribution in [3.8, 4) is 5.69 Å². The number of thioether (sulfide) groups is 1. The second kappa shape index (κ2) is 4.51. The van der Waals surface area contributed by atoms with E-state index in [4.69, 9.17) is 5.73 Å². The van der Waals surface area contributed by atoms with E-state index in [9.17, 15) is 0 Å². The first-order chi connectivity index (χ1) is 7.35. The van der Waals surface area contributed by atoms with Crippen LogP contribution in [0.3, 0.4) is 0 Å². The fourth-order valence-electron chi connectivity index (χ4n) is 1.42. The van der Waals surface area contributed by atoms with Gasteiger partial charge in [-0.3, -0.25) is 0 Å². The van der Waals surface area contributed by atoms with Gasteiger partial charge in [0, 0.05) is 18.3 Å². The van der Waals surface area contributed by atoms with Crippen LogP contribution in [-0.2, 0) is 6.54 Å². The summed E-state index contributed by atoms with van der Waals surface area (Å²) in [6.07, 6.45) is 4.00. The van der Waals surface area contributed by atoms with Crippen molar-refractivity contribution in [3.63, 3.8) is 0 Å². The lowest BCUT2D eigenvalue weighted by Crippen LogP contribution is -1.95. The number of nitrogens with zero attached hydrogens (tertiary/aromatic N) is 2. The zero-order valence-electron chi connectivity index (χ0n) is 8.55. The summed E-state index contributed by atoms with van der Waals surface area (Å²) >= 11 is 1.62. The van der Waals surface area contributed by atoms with Crippen molar-refractivity contribution in [2.75, 3.05) is 6.26 Å². The fraction of sp³-hybridized carbons (Fsp3) is 0.182. The molecule has 78 valence electrons. The van der Waals surface area contributed by atoms with Gasteiger partial charge in [0.2, 0.25) is 0 Å². The van der Waals surface area contributed by atoms with Gasteiger partial charge in [0.15, 0.2) is 0 Å². The lowest BCUT2D eigenvalue weighted by molar-refractivity contribution is 0.836. The Morgan fingerprint density at radius 3 is 2.60 bits per heavy atom. The van der Waals surface area contributed by atoms with Gasteiger partial charge in [0.05, 0.1) is 5.69 Å². The number of aromatic nitrogens is 2. The maximum atomic E-state index is 5.65. The Labute approximate surface area is 93.3 Å². The van der Waals surface area contributed by atoms with E-state index in [0.29, 0.717) is 6.54 Å². The molecule has 0 spiro atoms. The Morgan fingerprint density at radius 2 is 2.07 bits per heavy atom. The molecular formula is C11H13N3S. The van der Waals surface area contributed by atoms with E-state index in [0.717, 1.165) is 16.3 Å². The Hall–Kier alpha value is -1.26. The molecular weight excluding hydrogens is 206 g/mol. The summed E-state index contributed by atoms with van der Waals surface area (Å²) in [5.41, 5.74) is 7.80. The smallest absolute Gasteiger partial charge is 0.123 e. The van der Waals surface area contributed by atoms with Gasteiger partial charge in [0.1, 0.15) is 5.03 Å². The first-order valence-electron chi connectivity index (χ1n) is 4.73.